The number of Topliss-reactive ketones (excluding diaryl/α,β-unsaturated/α-hetero) is 1. The van der Waals surface area contributed by atoms with Crippen molar-refractivity contribution in [2.75, 3.05) is 26.9 Å². The molecule has 6 heteroatoms. The number of aliphatic hydroxyl groups excluding tert-OH is 1. The fourth-order valence-electron chi connectivity index (χ4n) is 4.03. The number of ketones is 1. The van der Waals surface area contributed by atoms with E-state index in [4.69, 9.17) is 9.47 Å². The SMILES string of the molecule is CCCCOc1ccc(C(O)=C2C(=O)C(=O)N(CCCOC)C2c2ccc(C)cc2)cc1C. The van der Waals surface area contributed by atoms with E-state index >= 15 is 0 Å². The van der Waals surface area contributed by atoms with Crippen molar-refractivity contribution in [1.29, 1.82) is 0 Å². The molecule has 1 N–H and O–H groups in total. The van der Waals surface area contributed by atoms with Gasteiger partial charge >= 0.3 is 0 Å². The fourth-order valence-corrected chi connectivity index (χ4v) is 4.03. The molecular formula is C27H33NO5. The maximum Gasteiger partial charge on any atom is 0.295 e. The number of rotatable bonds is 10. The number of methoxy groups -OCH3 is 1. The largest absolute Gasteiger partial charge is 0.507 e. The van der Waals surface area contributed by atoms with E-state index in [9.17, 15) is 14.7 Å². The van der Waals surface area contributed by atoms with Crippen LogP contribution in [0.4, 0.5) is 0 Å². The van der Waals surface area contributed by atoms with Crippen molar-refractivity contribution >= 4 is 17.4 Å². The average Bonchev–Trinajstić information content (AvgIpc) is 3.05. The molecule has 1 aliphatic heterocycles. The molecule has 6 nitrogen and oxygen atoms in total. The van der Waals surface area contributed by atoms with E-state index in [0.29, 0.717) is 31.7 Å². The molecule has 1 amide bonds. The van der Waals surface area contributed by atoms with Gasteiger partial charge in [-0.2, -0.15) is 0 Å². The Morgan fingerprint density at radius 3 is 2.39 bits per heavy atom. The van der Waals surface area contributed by atoms with E-state index in [1.807, 2.05) is 38.1 Å². The highest BCUT2D eigenvalue weighted by atomic mass is 16.5. The maximum atomic E-state index is 13.1. The van der Waals surface area contributed by atoms with Crippen LogP contribution in [0.25, 0.3) is 5.76 Å². The number of aliphatic hydroxyl groups is 1. The summed E-state index contributed by atoms with van der Waals surface area (Å²) < 4.78 is 10.9. The standard InChI is InChI=1S/C27H33NO5/c1-5-6-16-33-22-13-12-21(17-19(22)3)25(29)23-24(20-10-8-18(2)9-11-20)28(14-7-15-32-4)27(31)26(23)30/h8-13,17,24,29H,5-7,14-16H2,1-4H3. The lowest BCUT2D eigenvalue weighted by atomic mass is 9.94. The zero-order valence-corrected chi connectivity index (χ0v) is 19.9. The van der Waals surface area contributed by atoms with Gasteiger partial charge in [0.25, 0.3) is 11.7 Å². The van der Waals surface area contributed by atoms with Gasteiger partial charge in [0, 0.05) is 25.8 Å². The van der Waals surface area contributed by atoms with E-state index in [0.717, 1.165) is 35.3 Å². The first-order chi connectivity index (χ1) is 15.9. The molecule has 176 valence electrons. The van der Waals surface area contributed by atoms with Crippen LogP contribution in [0, 0.1) is 13.8 Å². The highest BCUT2D eigenvalue weighted by Gasteiger charge is 2.45. The molecule has 1 aliphatic rings. The molecule has 0 saturated carbocycles. The lowest BCUT2D eigenvalue weighted by Crippen LogP contribution is -2.31. The highest BCUT2D eigenvalue weighted by Crippen LogP contribution is 2.40. The van der Waals surface area contributed by atoms with Crippen molar-refractivity contribution in [3.8, 4) is 5.75 Å². The second kappa shape index (κ2) is 11.1. The lowest BCUT2D eigenvalue weighted by molar-refractivity contribution is -0.140. The van der Waals surface area contributed by atoms with Gasteiger partial charge in [0.05, 0.1) is 18.2 Å². The first-order valence-electron chi connectivity index (χ1n) is 11.5. The summed E-state index contributed by atoms with van der Waals surface area (Å²) in [5.74, 6) is -0.697. The third-order valence-electron chi connectivity index (χ3n) is 5.88. The molecule has 1 saturated heterocycles. The summed E-state index contributed by atoms with van der Waals surface area (Å²) in [5, 5.41) is 11.2. The van der Waals surface area contributed by atoms with E-state index in [1.165, 1.54) is 4.90 Å². The van der Waals surface area contributed by atoms with E-state index in [-0.39, 0.29) is 11.3 Å². The van der Waals surface area contributed by atoms with Gasteiger partial charge in [0.1, 0.15) is 11.5 Å². The quantitative estimate of drug-likeness (QED) is 0.240. The summed E-state index contributed by atoms with van der Waals surface area (Å²) in [7, 11) is 1.60. The number of benzene rings is 2. The number of carbonyl (C=O) groups excluding carboxylic acids is 2. The number of carbonyl (C=O) groups is 2. The van der Waals surface area contributed by atoms with Crippen LogP contribution in [0.2, 0.25) is 0 Å². The molecule has 0 spiro atoms. The van der Waals surface area contributed by atoms with Gasteiger partial charge in [-0.1, -0.05) is 43.2 Å². The van der Waals surface area contributed by atoms with Gasteiger partial charge in [0.15, 0.2) is 0 Å². The van der Waals surface area contributed by atoms with Crippen LogP contribution in [0.15, 0.2) is 48.0 Å². The van der Waals surface area contributed by atoms with Gasteiger partial charge in [-0.15, -0.1) is 0 Å². The minimum atomic E-state index is -0.670. The Labute approximate surface area is 195 Å². The molecule has 1 fully saturated rings. The lowest BCUT2D eigenvalue weighted by Gasteiger charge is -2.25. The molecule has 1 unspecified atom stereocenters. The van der Waals surface area contributed by atoms with Crippen molar-refractivity contribution in [1.82, 2.24) is 4.90 Å². The second-order valence-corrected chi connectivity index (χ2v) is 8.43. The van der Waals surface area contributed by atoms with Crippen molar-refractivity contribution in [3.05, 3.63) is 70.3 Å². The first kappa shape index (κ1) is 24.5. The zero-order chi connectivity index (χ0) is 24.0. The van der Waals surface area contributed by atoms with Crippen LogP contribution in [0.5, 0.6) is 5.75 Å². The summed E-state index contributed by atoms with van der Waals surface area (Å²) in [4.78, 5) is 27.5. The third kappa shape index (κ3) is 5.45. The predicted octanol–water partition coefficient (Wildman–Crippen LogP) is 4.94. The summed E-state index contributed by atoms with van der Waals surface area (Å²) in [6.45, 7) is 7.44. The van der Waals surface area contributed by atoms with Crippen molar-refractivity contribution in [2.24, 2.45) is 0 Å². The number of unbranched alkanes of at least 4 members (excludes halogenated alkanes) is 1. The molecule has 2 aromatic carbocycles. The minimum Gasteiger partial charge on any atom is -0.507 e. The normalized spacial score (nSPS) is 17.6. The summed E-state index contributed by atoms with van der Waals surface area (Å²) in [5.41, 5.74) is 3.32. The smallest absolute Gasteiger partial charge is 0.295 e. The van der Waals surface area contributed by atoms with Gasteiger partial charge in [0.2, 0.25) is 0 Å². The van der Waals surface area contributed by atoms with Crippen LogP contribution in [0.3, 0.4) is 0 Å². The van der Waals surface area contributed by atoms with Crippen LogP contribution in [0.1, 0.15) is 54.5 Å². The number of amides is 1. The first-order valence-corrected chi connectivity index (χ1v) is 11.5. The van der Waals surface area contributed by atoms with E-state index in [1.54, 1.807) is 25.3 Å². The zero-order valence-electron chi connectivity index (χ0n) is 19.9. The Kier molecular flexibility index (Phi) is 8.28. The molecule has 0 aromatic heterocycles. The van der Waals surface area contributed by atoms with Gasteiger partial charge in [-0.05, 0) is 56.0 Å². The topological polar surface area (TPSA) is 76.1 Å². The van der Waals surface area contributed by atoms with Gasteiger partial charge in [-0.25, -0.2) is 0 Å². The van der Waals surface area contributed by atoms with E-state index < -0.39 is 17.7 Å². The van der Waals surface area contributed by atoms with Gasteiger partial charge < -0.3 is 19.5 Å². The predicted molar refractivity (Wildman–Crippen MR) is 128 cm³/mol. The Balaban J connectivity index is 2.03. The minimum absolute atomic E-state index is 0.111. The molecular weight excluding hydrogens is 418 g/mol. The third-order valence-corrected chi connectivity index (χ3v) is 5.88. The Bertz CT molecular complexity index is 1030. The molecule has 3 rings (SSSR count). The second-order valence-electron chi connectivity index (χ2n) is 8.43. The monoisotopic (exact) mass is 451 g/mol. The molecule has 0 aliphatic carbocycles. The Morgan fingerprint density at radius 2 is 1.76 bits per heavy atom. The number of nitrogens with zero attached hydrogens (tertiary/aromatic N) is 1. The number of ether oxygens (including phenoxy) is 2. The van der Waals surface area contributed by atoms with Crippen molar-refractivity contribution in [2.45, 2.75) is 46.1 Å². The highest BCUT2D eigenvalue weighted by molar-refractivity contribution is 6.46. The molecule has 1 atom stereocenters. The van der Waals surface area contributed by atoms with Gasteiger partial charge in [-0.3, -0.25) is 9.59 Å². The van der Waals surface area contributed by atoms with Crippen LogP contribution in [-0.4, -0.2) is 48.6 Å². The van der Waals surface area contributed by atoms with Crippen LogP contribution < -0.4 is 4.74 Å². The number of likely N-dealkylation sites (tertiary alicyclic amines) is 1. The summed E-state index contributed by atoms with van der Waals surface area (Å²) >= 11 is 0. The number of hydrogen-bond acceptors (Lipinski definition) is 5. The van der Waals surface area contributed by atoms with E-state index in [2.05, 4.69) is 6.92 Å². The molecule has 0 bridgehead atoms. The van der Waals surface area contributed by atoms with Crippen molar-refractivity contribution in [3.63, 3.8) is 0 Å². The fraction of sp³-hybridized carbons (Fsp3) is 0.407. The van der Waals surface area contributed by atoms with Crippen LogP contribution >= 0.6 is 0 Å². The maximum absolute atomic E-state index is 13.1. The summed E-state index contributed by atoms with van der Waals surface area (Å²) in [6, 6.07) is 12.4. The molecule has 0 radical (unpaired) electrons. The number of hydrogen-bond donors (Lipinski definition) is 1. The van der Waals surface area contributed by atoms with Crippen molar-refractivity contribution < 1.29 is 24.2 Å². The molecule has 33 heavy (non-hydrogen) atoms. The number of aryl methyl sites for hydroxylation is 2. The Morgan fingerprint density at radius 1 is 1.03 bits per heavy atom. The Hall–Kier alpha value is -3.12. The van der Waals surface area contributed by atoms with Crippen LogP contribution in [-0.2, 0) is 14.3 Å². The summed E-state index contributed by atoms with van der Waals surface area (Å²) in [6.07, 6.45) is 2.60. The average molecular weight is 452 g/mol. The molecule has 2 aromatic rings. The molecule has 1 heterocycles.